The number of halogens is 2. The van der Waals surface area contributed by atoms with Crippen LogP contribution in [0.2, 0.25) is 0 Å². The molecule has 1 atom stereocenters. The van der Waals surface area contributed by atoms with Crippen LogP contribution in [0.4, 0.5) is 14.6 Å². The minimum absolute atomic E-state index is 0.195. The number of anilines is 1. The fraction of sp³-hybridized carbons (Fsp3) is 0.208. The highest BCUT2D eigenvalue weighted by molar-refractivity contribution is 5.44. The number of benzene rings is 2. The Bertz CT molecular complexity index is 1330. The standard InChI is InChI=1S/C24H21F2N5O3/c25-21-2-1-3-22(26)20(21)14-30-15-29-31(24(30)32)16-4-6-17(7-5-16)34-18-8-10-27-23(12-18)28-13-19-9-11-33-19/h1-8,10,12,15,19H,9,11,13-14H2,(H,27,28). The average molecular weight is 465 g/mol. The first-order valence-corrected chi connectivity index (χ1v) is 10.7. The van der Waals surface area contributed by atoms with Crippen LogP contribution >= 0.6 is 0 Å². The number of ether oxygens (including phenoxy) is 2. The van der Waals surface area contributed by atoms with Crippen LogP contribution in [0.3, 0.4) is 0 Å². The Morgan fingerprint density at radius 1 is 1.09 bits per heavy atom. The molecule has 4 aromatic rings. The van der Waals surface area contributed by atoms with Crippen molar-refractivity contribution in [3.63, 3.8) is 0 Å². The molecule has 0 spiro atoms. The van der Waals surface area contributed by atoms with Crippen molar-refractivity contribution >= 4 is 5.82 Å². The fourth-order valence-corrected chi connectivity index (χ4v) is 3.50. The van der Waals surface area contributed by atoms with Gasteiger partial charge in [-0.1, -0.05) is 6.07 Å². The molecule has 1 aliphatic heterocycles. The van der Waals surface area contributed by atoms with Gasteiger partial charge in [0.15, 0.2) is 0 Å². The molecule has 0 bridgehead atoms. The third kappa shape index (κ3) is 4.67. The van der Waals surface area contributed by atoms with Crippen molar-refractivity contribution in [2.24, 2.45) is 0 Å². The molecule has 34 heavy (non-hydrogen) atoms. The molecule has 5 rings (SSSR count). The van der Waals surface area contributed by atoms with Gasteiger partial charge in [-0.3, -0.25) is 4.57 Å². The number of aromatic nitrogens is 4. The number of hydrogen-bond donors (Lipinski definition) is 1. The SMILES string of the molecule is O=c1n(Cc2c(F)cccc2F)cnn1-c1ccc(Oc2ccnc(NCC3CCO3)c2)cc1. The summed E-state index contributed by atoms with van der Waals surface area (Å²) in [7, 11) is 0. The van der Waals surface area contributed by atoms with Crippen LogP contribution in [0.1, 0.15) is 12.0 Å². The van der Waals surface area contributed by atoms with E-state index < -0.39 is 17.3 Å². The summed E-state index contributed by atoms with van der Waals surface area (Å²) in [5.41, 5.74) is -0.223. The van der Waals surface area contributed by atoms with Gasteiger partial charge in [0, 0.05) is 31.0 Å². The Morgan fingerprint density at radius 3 is 2.56 bits per heavy atom. The molecule has 8 nitrogen and oxygen atoms in total. The van der Waals surface area contributed by atoms with E-state index in [-0.39, 0.29) is 18.2 Å². The average Bonchev–Trinajstić information content (AvgIpc) is 3.16. The summed E-state index contributed by atoms with van der Waals surface area (Å²) >= 11 is 0. The maximum atomic E-state index is 13.9. The van der Waals surface area contributed by atoms with Gasteiger partial charge in [0.2, 0.25) is 0 Å². The Morgan fingerprint density at radius 2 is 1.85 bits per heavy atom. The zero-order chi connectivity index (χ0) is 23.5. The highest BCUT2D eigenvalue weighted by Gasteiger charge is 2.17. The molecule has 1 N–H and O–H groups in total. The lowest BCUT2D eigenvalue weighted by Crippen LogP contribution is -2.33. The number of rotatable bonds is 8. The largest absolute Gasteiger partial charge is 0.457 e. The van der Waals surface area contributed by atoms with Crippen molar-refractivity contribution in [2.45, 2.75) is 19.1 Å². The minimum atomic E-state index is -0.716. The van der Waals surface area contributed by atoms with Gasteiger partial charge < -0.3 is 14.8 Å². The van der Waals surface area contributed by atoms with Gasteiger partial charge in [0.05, 0.1) is 18.3 Å². The lowest BCUT2D eigenvalue weighted by atomic mass is 10.2. The molecule has 0 amide bonds. The first-order valence-electron chi connectivity index (χ1n) is 10.7. The predicted molar refractivity (Wildman–Crippen MR) is 120 cm³/mol. The smallest absolute Gasteiger partial charge is 0.350 e. The van der Waals surface area contributed by atoms with Crippen LogP contribution < -0.4 is 15.7 Å². The molecule has 10 heteroatoms. The van der Waals surface area contributed by atoms with Crippen LogP contribution in [-0.2, 0) is 11.3 Å². The normalized spacial score (nSPS) is 15.1. The molecular weight excluding hydrogens is 444 g/mol. The first kappa shape index (κ1) is 21.8. The van der Waals surface area contributed by atoms with Gasteiger partial charge in [-0.05, 0) is 48.9 Å². The summed E-state index contributed by atoms with van der Waals surface area (Å²) in [4.78, 5) is 17.0. The Labute approximate surface area is 193 Å². The number of nitrogens with one attached hydrogen (secondary N) is 1. The van der Waals surface area contributed by atoms with Gasteiger partial charge in [0.25, 0.3) is 0 Å². The van der Waals surface area contributed by atoms with Crippen LogP contribution in [0.25, 0.3) is 5.69 Å². The Balaban J connectivity index is 1.27. The predicted octanol–water partition coefficient (Wildman–Crippen LogP) is 3.75. The molecule has 1 aliphatic rings. The van der Waals surface area contributed by atoms with E-state index in [2.05, 4.69) is 15.4 Å². The summed E-state index contributed by atoms with van der Waals surface area (Å²) in [6.45, 7) is 1.23. The molecule has 174 valence electrons. The second-order valence-electron chi connectivity index (χ2n) is 7.79. The summed E-state index contributed by atoms with van der Waals surface area (Å²) in [5.74, 6) is 0.421. The number of hydrogen-bond acceptors (Lipinski definition) is 6. The quantitative estimate of drug-likeness (QED) is 0.427. The van der Waals surface area contributed by atoms with Crippen molar-refractivity contribution < 1.29 is 18.3 Å². The fourth-order valence-electron chi connectivity index (χ4n) is 3.50. The van der Waals surface area contributed by atoms with Gasteiger partial charge in [0.1, 0.15) is 35.3 Å². The van der Waals surface area contributed by atoms with Gasteiger partial charge in [-0.25, -0.2) is 18.6 Å². The molecular formula is C24H21F2N5O3. The molecule has 1 fully saturated rings. The topological polar surface area (TPSA) is 83.2 Å². The molecule has 0 saturated carbocycles. The van der Waals surface area contributed by atoms with E-state index in [1.54, 1.807) is 42.6 Å². The van der Waals surface area contributed by atoms with Crippen LogP contribution in [0, 0.1) is 11.6 Å². The zero-order valence-corrected chi connectivity index (χ0v) is 18.0. The molecule has 2 aromatic carbocycles. The van der Waals surface area contributed by atoms with E-state index >= 15 is 0 Å². The highest BCUT2D eigenvalue weighted by atomic mass is 19.1. The summed E-state index contributed by atoms with van der Waals surface area (Å²) in [5, 5.41) is 7.29. The van der Waals surface area contributed by atoms with Crippen molar-refractivity contribution in [1.82, 2.24) is 19.3 Å². The van der Waals surface area contributed by atoms with E-state index in [1.165, 1.54) is 12.4 Å². The monoisotopic (exact) mass is 465 g/mol. The van der Waals surface area contributed by atoms with Crippen molar-refractivity contribution in [3.05, 3.63) is 94.8 Å². The number of nitrogens with zero attached hydrogens (tertiary/aromatic N) is 4. The van der Waals surface area contributed by atoms with Gasteiger partial charge >= 0.3 is 5.69 Å². The lowest BCUT2D eigenvalue weighted by molar-refractivity contribution is -0.0410. The van der Waals surface area contributed by atoms with Crippen molar-refractivity contribution in [3.8, 4) is 17.2 Å². The molecule has 0 aliphatic carbocycles. The van der Waals surface area contributed by atoms with Crippen molar-refractivity contribution in [2.75, 3.05) is 18.5 Å². The first-order chi connectivity index (χ1) is 16.6. The Hall–Kier alpha value is -4.05. The van der Waals surface area contributed by atoms with Crippen LogP contribution in [-0.4, -0.2) is 38.6 Å². The van der Waals surface area contributed by atoms with E-state index in [0.29, 0.717) is 29.5 Å². The second kappa shape index (κ2) is 9.44. The van der Waals surface area contributed by atoms with Gasteiger partial charge in [-0.15, -0.1) is 0 Å². The maximum Gasteiger partial charge on any atom is 0.350 e. The summed E-state index contributed by atoms with van der Waals surface area (Å²) in [6, 6.07) is 13.9. The van der Waals surface area contributed by atoms with Crippen molar-refractivity contribution in [1.29, 1.82) is 0 Å². The van der Waals surface area contributed by atoms with Crippen LogP contribution in [0.5, 0.6) is 11.5 Å². The maximum absolute atomic E-state index is 13.9. The van der Waals surface area contributed by atoms with Crippen LogP contribution in [0.15, 0.2) is 71.9 Å². The summed E-state index contributed by atoms with van der Waals surface area (Å²) < 4.78 is 41.4. The third-order valence-electron chi connectivity index (χ3n) is 5.48. The second-order valence-corrected chi connectivity index (χ2v) is 7.79. The lowest BCUT2D eigenvalue weighted by Gasteiger charge is -2.26. The van der Waals surface area contributed by atoms with E-state index in [4.69, 9.17) is 9.47 Å². The highest BCUT2D eigenvalue weighted by Crippen LogP contribution is 2.24. The molecule has 3 heterocycles. The van der Waals surface area contributed by atoms with E-state index in [1.807, 2.05) is 0 Å². The Kier molecular flexibility index (Phi) is 6.05. The third-order valence-corrected chi connectivity index (χ3v) is 5.48. The van der Waals surface area contributed by atoms with E-state index in [9.17, 15) is 13.6 Å². The molecule has 1 unspecified atom stereocenters. The summed E-state index contributed by atoms with van der Waals surface area (Å²) in [6.07, 6.45) is 4.16. The molecule has 0 radical (unpaired) electrons. The molecule has 1 saturated heterocycles. The minimum Gasteiger partial charge on any atom is -0.457 e. The van der Waals surface area contributed by atoms with Gasteiger partial charge in [-0.2, -0.15) is 9.78 Å². The number of pyridine rings is 1. The van der Waals surface area contributed by atoms with E-state index in [0.717, 1.165) is 34.4 Å². The molecule has 2 aromatic heterocycles. The zero-order valence-electron chi connectivity index (χ0n) is 18.0.